The van der Waals surface area contributed by atoms with E-state index in [1.165, 1.54) is 12.4 Å². The Bertz CT molecular complexity index is 503. The van der Waals surface area contributed by atoms with Crippen LogP contribution in [0.4, 0.5) is 0 Å². The van der Waals surface area contributed by atoms with E-state index < -0.39 is 11.8 Å². The van der Waals surface area contributed by atoms with Gasteiger partial charge < -0.3 is 9.64 Å². The third kappa shape index (κ3) is 5.88. The largest absolute Gasteiger partial charge is 0.362 e. The molecule has 0 aliphatic carbocycles. The molecule has 8 heteroatoms. The number of likely N-dealkylation sites (N-methyl/N-ethyl adjacent to an activating group) is 1. The van der Waals surface area contributed by atoms with Crippen molar-refractivity contribution >= 4 is 17.7 Å². The molecule has 0 bridgehead atoms. The average Bonchev–Trinajstić information content (AvgIpc) is 2.54. The molecule has 0 saturated heterocycles. The SMILES string of the molecule is CCN(CC)C(=O)COCC(=O)NNC(=O)c1cccnc1. The van der Waals surface area contributed by atoms with Crippen molar-refractivity contribution in [2.75, 3.05) is 26.3 Å². The number of nitrogens with one attached hydrogen (secondary N) is 2. The van der Waals surface area contributed by atoms with Crippen LogP contribution in [0.1, 0.15) is 24.2 Å². The predicted octanol–water partition coefficient (Wildman–Crippen LogP) is -0.272. The van der Waals surface area contributed by atoms with Crippen molar-refractivity contribution in [2.45, 2.75) is 13.8 Å². The number of nitrogens with zero attached hydrogens (tertiary/aromatic N) is 2. The van der Waals surface area contributed by atoms with Gasteiger partial charge in [-0.1, -0.05) is 0 Å². The summed E-state index contributed by atoms with van der Waals surface area (Å²) >= 11 is 0. The molecular formula is C14H20N4O4. The van der Waals surface area contributed by atoms with E-state index in [0.29, 0.717) is 18.7 Å². The zero-order valence-corrected chi connectivity index (χ0v) is 12.7. The lowest BCUT2D eigenvalue weighted by Gasteiger charge is -2.18. The lowest BCUT2D eigenvalue weighted by atomic mass is 10.3. The molecular weight excluding hydrogens is 288 g/mol. The number of hydrogen-bond donors (Lipinski definition) is 2. The van der Waals surface area contributed by atoms with E-state index in [-0.39, 0.29) is 19.1 Å². The number of pyridine rings is 1. The van der Waals surface area contributed by atoms with Gasteiger partial charge in [-0.25, -0.2) is 0 Å². The first-order valence-electron chi connectivity index (χ1n) is 6.93. The van der Waals surface area contributed by atoms with Gasteiger partial charge in [0.1, 0.15) is 13.2 Å². The molecule has 0 radical (unpaired) electrons. The number of ether oxygens (including phenoxy) is 1. The lowest BCUT2D eigenvalue weighted by molar-refractivity contribution is -0.138. The van der Waals surface area contributed by atoms with Crippen LogP contribution < -0.4 is 10.9 Å². The summed E-state index contributed by atoms with van der Waals surface area (Å²) in [6.07, 6.45) is 2.91. The highest BCUT2D eigenvalue weighted by Crippen LogP contribution is 1.94. The number of rotatable bonds is 7. The van der Waals surface area contributed by atoms with Crippen molar-refractivity contribution in [3.8, 4) is 0 Å². The Balaban J connectivity index is 2.24. The summed E-state index contributed by atoms with van der Waals surface area (Å²) in [7, 11) is 0. The number of carbonyl (C=O) groups is 3. The fourth-order valence-corrected chi connectivity index (χ4v) is 1.63. The van der Waals surface area contributed by atoms with Crippen molar-refractivity contribution in [1.29, 1.82) is 0 Å². The van der Waals surface area contributed by atoms with Gasteiger partial charge in [0.2, 0.25) is 5.91 Å². The van der Waals surface area contributed by atoms with Crippen LogP contribution in [0.2, 0.25) is 0 Å². The second-order valence-corrected chi connectivity index (χ2v) is 4.30. The first kappa shape index (κ1) is 17.6. The second kappa shape index (κ2) is 9.46. The molecule has 1 aromatic heterocycles. The van der Waals surface area contributed by atoms with E-state index in [2.05, 4.69) is 15.8 Å². The molecule has 3 amide bonds. The quantitative estimate of drug-likeness (QED) is 0.675. The van der Waals surface area contributed by atoms with E-state index in [0.717, 1.165) is 0 Å². The van der Waals surface area contributed by atoms with Crippen LogP contribution in [0.15, 0.2) is 24.5 Å². The lowest BCUT2D eigenvalue weighted by Crippen LogP contribution is -2.44. The van der Waals surface area contributed by atoms with Crippen molar-refractivity contribution in [3.05, 3.63) is 30.1 Å². The highest BCUT2D eigenvalue weighted by molar-refractivity contribution is 5.95. The third-order valence-electron chi connectivity index (χ3n) is 2.81. The van der Waals surface area contributed by atoms with Gasteiger partial charge in [-0.05, 0) is 26.0 Å². The molecule has 8 nitrogen and oxygen atoms in total. The Labute approximate surface area is 128 Å². The van der Waals surface area contributed by atoms with Crippen LogP contribution in [0.3, 0.4) is 0 Å². The number of amides is 3. The number of carbonyl (C=O) groups excluding carboxylic acids is 3. The van der Waals surface area contributed by atoms with Crippen molar-refractivity contribution in [1.82, 2.24) is 20.7 Å². The zero-order valence-electron chi connectivity index (χ0n) is 12.7. The molecule has 1 rings (SSSR count). The fraction of sp³-hybridized carbons (Fsp3) is 0.429. The Morgan fingerprint density at radius 3 is 2.50 bits per heavy atom. The van der Waals surface area contributed by atoms with E-state index in [9.17, 15) is 14.4 Å². The Hall–Kier alpha value is -2.48. The van der Waals surface area contributed by atoms with Gasteiger partial charge in [0, 0.05) is 25.5 Å². The molecule has 2 N–H and O–H groups in total. The van der Waals surface area contributed by atoms with Crippen molar-refractivity contribution in [3.63, 3.8) is 0 Å². The predicted molar refractivity (Wildman–Crippen MR) is 78.6 cm³/mol. The van der Waals surface area contributed by atoms with Gasteiger partial charge in [-0.3, -0.25) is 30.2 Å². The van der Waals surface area contributed by atoms with Crippen LogP contribution in [-0.4, -0.2) is 53.9 Å². The number of hydrazine groups is 1. The molecule has 0 saturated carbocycles. The second-order valence-electron chi connectivity index (χ2n) is 4.30. The minimum absolute atomic E-state index is 0.175. The summed E-state index contributed by atoms with van der Waals surface area (Å²) < 4.78 is 5.01. The summed E-state index contributed by atoms with van der Waals surface area (Å²) in [4.78, 5) is 40.1. The first-order chi connectivity index (χ1) is 10.6. The topological polar surface area (TPSA) is 101 Å². The normalized spacial score (nSPS) is 9.91. The van der Waals surface area contributed by atoms with Gasteiger partial charge in [-0.15, -0.1) is 0 Å². The van der Waals surface area contributed by atoms with Crippen LogP contribution >= 0.6 is 0 Å². The van der Waals surface area contributed by atoms with E-state index in [1.54, 1.807) is 17.0 Å². The van der Waals surface area contributed by atoms with Gasteiger partial charge in [0.05, 0.1) is 5.56 Å². The van der Waals surface area contributed by atoms with E-state index >= 15 is 0 Å². The van der Waals surface area contributed by atoms with Crippen LogP contribution in [0, 0.1) is 0 Å². The number of aromatic nitrogens is 1. The van der Waals surface area contributed by atoms with Gasteiger partial charge in [-0.2, -0.15) is 0 Å². The molecule has 0 atom stereocenters. The molecule has 22 heavy (non-hydrogen) atoms. The van der Waals surface area contributed by atoms with Gasteiger partial charge >= 0.3 is 0 Å². The maximum absolute atomic E-state index is 11.6. The summed E-state index contributed by atoms with van der Waals surface area (Å²) in [5, 5.41) is 0. The van der Waals surface area contributed by atoms with Crippen molar-refractivity contribution in [2.24, 2.45) is 0 Å². The Morgan fingerprint density at radius 2 is 1.91 bits per heavy atom. The molecule has 1 aromatic rings. The van der Waals surface area contributed by atoms with Crippen LogP contribution in [0.5, 0.6) is 0 Å². The smallest absolute Gasteiger partial charge is 0.271 e. The highest BCUT2D eigenvalue weighted by atomic mass is 16.5. The van der Waals surface area contributed by atoms with Gasteiger partial charge in [0.25, 0.3) is 11.8 Å². The fourth-order valence-electron chi connectivity index (χ4n) is 1.63. The van der Waals surface area contributed by atoms with Gasteiger partial charge in [0.15, 0.2) is 0 Å². The molecule has 0 aliphatic heterocycles. The summed E-state index contributed by atoms with van der Waals surface area (Å²) in [5.74, 6) is -1.22. The monoisotopic (exact) mass is 308 g/mol. The maximum atomic E-state index is 11.6. The Kier molecular flexibility index (Phi) is 7.55. The Morgan fingerprint density at radius 1 is 1.18 bits per heavy atom. The van der Waals surface area contributed by atoms with Crippen LogP contribution in [-0.2, 0) is 14.3 Å². The molecule has 0 spiro atoms. The highest BCUT2D eigenvalue weighted by Gasteiger charge is 2.11. The molecule has 0 unspecified atom stereocenters. The molecule has 0 aromatic carbocycles. The summed E-state index contributed by atoms with van der Waals surface area (Å²) in [5.41, 5.74) is 4.74. The summed E-state index contributed by atoms with van der Waals surface area (Å²) in [6, 6.07) is 3.17. The minimum atomic E-state index is -0.551. The third-order valence-corrected chi connectivity index (χ3v) is 2.81. The minimum Gasteiger partial charge on any atom is -0.362 e. The standard InChI is InChI=1S/C14H20N4O4/c1-3-18(4-2)13(20)10-22-9-12(19)16-17-14(21)11-6-5-7-15-8-11/h5-8H,3-4,9-10H2,1-2H3,(H,16,19)(H,17,21). The molecule has 120 valence electrons. The molecule has 1 heterocycles. The zero-order chi connectivity index (χ0) is 16.4. The van der Waals surface area contributed by atoms with Crippen molar-refractivity contribution < 1.29 is 19.1 Å². The number of hydrogen-bond acceptors (Lipinski definition) is 5. The molecule has 0 aliphatic rings. The maximum Gasteiger partial charge on any atom is 0.271 e. The average molecular weight is 308 g/mol. The first-order valence-corrected chi connectivity index (χ1v) is 6.93. The summed E-state index contributed by atoms with van der Waals surface area (Å²) in [6.45, 7) is 4.41. The molecule has 0 fully saturated rings. The van der Waals surface area contributed by atoms with Crippen LogP contribution in [0.25, 0.3) is 0 Å². The van der Waals surface area contributed by atoms with E-state index in [4.69, 9.17) is 4.74 Å². The van der Waals surface area contributed by atoms with E-state index in [1.807, 2.05) is 13.8 Å².